The van der Waals surface area contributed by atoms with Crippen LogP contribution in [0.4, 0.5) is 0 Å². The molecule has 0 radical (unpaired) electrons. The lowest BCUT2D eigenvalue weighted by Gasteiger charge is -2.14. The van der Waals surface area contributed by atoms with E-state index >= 15 is 0 Å². The van der Waals surface area contributed by atoms with E-state index in [1.54, 1.807) is 25.3 Å². The molecular formula is C16H13Br2NO2. The first-order chi connectivity index (χ1) is 10.2. The number of rotatable bonds is 5. The summed E-state index contributed by atoms with van der Waals surface area (Å²) < 4.78 is 12.1. The second-order valence-electron chi connectivity index (χ2n) is 4.29. The maximum Gasteiger partial charge on any atom is 0.138 e. The van der Waals surface area contributed by atoms with E-state index < -0.39 is 0 Å². The van der Waals surface area contributed by atoms with Gasteiger partial charge in [0.1, 0.15) is 18.1 Å². The Labute approximate surface area is 140 Å². The predicted octanol–water partition coefficient (Wildman–Crippen LogP) is 4.80. The van der Waals surface area contributed by atoms with Crippen LogP contribution in [0.25, 0.3) is 0 Å². The monoisotopic (exact) mass is 409 g/mol. The fourth-order valence-corrected chi connectivity index (χ4v) is 2.89. The summed E-state index contributed by atoms with van der Waals surface area (Å²) in [5.41, 5.74) is 2.48. The van der Waals surface area contributed by atoms with Crippen LogP contribution in [0.1, 0.15) is 16.7 Å². The Morgan fingerprint density at radius 1 is 1.19 bits per heavy atom. The van der Waals surface area contributed by atoms with E-state index in [-0.39, 0.29) is 0 Å². The molecule has 0 unspecified atom stereocenters. The molecule has 0 N–H and O–H groups in total. The number of hydrogen-bond acceptors (Lipinski definition) is 3. The summed E-state index contributed by atoms with van der Waals surface area (Å²) in [6.45, 7) is 0.335. The minimum atomic E-state index is 0.335. The predicted molar refractivity (Wildman–Crippen MR) is 88.8 cm³/mol. The highest BCUT2D eigenvalue weighted by atomic mass is 79.9. The lowest BCUT2D eigenvalue weighted by molar-refractivity contribution is 0.293. The van der Waals surface area contributed by atoms with Crippen molar-refractivity contribution >= 4 is 31.9 Å². The SMILES string of the molecule is COc1ccc(C#N)cc1COc1c(Br)cccc1CBr. The molecule has 5 heteroatoms. The van der Waals surface area contributed by atoms with Crippen molar-refractivity contribution in [3.8, 4) is 17.6 Å². The molecule has 108 valence electrons. The Kier molecular flexibility index (Phi) is 5.66. The first-order valence-corrected chi connectivity index (χ1v) is 8.14. The van der Waals surface area contributed by atoms with Gasteiger partial charge in [0.05, 0.1) is 23.2 Å². The van der Waals surface area contributed by atoms with Gasteiger partial charge in [0.15, 0.2) is 0 Å². The highest BCUT2D eigenvalue weighted by Crippen LogP contribution is 2.32. The number of para-hydroxylation sites is 1. The average Bonchev–Trinajstić information content (AvgIpc) is 2.53. The normalized spacial score (nSPS) is 10.0. The third-order valence-electron chi connectivity index (χ3n) is 2.97. The smallest absolute Gasteiger partial charge is 0.138 e. The molecular weight excluding hydrogens is 398 g/mol. The molecule has 0 aliphatic carbocycles. The summed E-state index contributed by atoms with van der Waals surface area (Å²) in [7, 11) is 1.60. The van der Waals surface area contributed by atoms with Gasteiger partial charge in [-0.25, -0.2) is 0 Å². The molecule has 0 saturated carbocycles. The Bertz CT molecular complexity index is 680. The highest BCUT2D eigenvalue weighted by Gasteiger charge is 2.10. The molecule has 0 aromatic heterocycles. The van der Waals surface area contributed by atoms with Crippen LogP contribution in [0.3, 0.4) is 0 Å². The van der Waals surface area contributed by atoms with Gasteiger partial charge in [-0.05, 0) is 40.2 Å². The van der Waals surface area contributed by atoms with Gasteiger partial charge in [-0.3, -0.25) is 0 Å². The number of halogens is 2. The topological polar surface area (TPSA) is 42.2 Å². The summed E-state index contributed by atoms with van der Waals surface area (Å²) in [6.07, 6.45) is 0. The van der Waals surface area contributed by atoms with Crippen LogP contribution in [0.5, 0.6) is 11.5 Å². The first-order valence-electron chi connectivity index (χ1n) is 6.22. The first kappa shape index (κ1) is 15.9. The van der Waals surface area contributed by atoms with Crippen molar-refractivity contribution < 1.29 is 9.47 Å². The number of nitrogens with zero attached hydrogens (tertiary/aromatic N) is 1. The molecule has 0 amide bonds. The van der Waals surface area contributed by atoms with Crippen LogP contribution in [-0.2, 0) is 11.9 Å². The second kappa shape index (κ2) is 7.48. The van der Waals surface area contributed by atoms with E-state index in [1.165, 1.54) is 0 Å². The Morgan fingerprint density at radius 2 is 2.00 bits per heavy atom. The largest absolute Gasteiger partial charge is 0.496 e. The van der Waals surface area contributed by atoms with Crippen molar-refractivity contribution in [2.45, 2.75) is 11.9 Å². The number of methoxy groups -OCH3 is 1. The Hall–Kier alpha value is -1.51. The molecule has 2 aromatic rings. The maximum absolute atomic E-state index is 8.99. The van der Waals surface area contributed by atoms with Gasteiger partial charge < -0.3 is 9.47 Å². The molecule has 0 fully saturated rings. The summed E-state index contributed by atoms with van der Waals surface area (Å²) in [5.74, 6) is 1.50. The second-order valence-corrected chi connectivity index (χ2v) is 5.70. The number of nitriles is 1. The zero-order valence-electron chi connectivity index (χ0n) is 11.4. The fourth-order valence-electron chi connectivity index (χ4n) is 1.93. The number of alkyl halides is 1. The van der Waals surface area contributed by atoms with Crippen molar-refractivity contribution in [1.29, 1.82) is 5.26 Å². The van der Waals surface area contributed by atoms with Crippen LogP contribution in [0.2, 0.25) is 0 Å². The van der Waals surface area contributed by atoms with Gasteiger partial charge >= 0.3 is 0 Å². The number of hydrogen-bond donors (Lipinski definition) is 0. The van der Waals surface area contributed by atoms with Gasteiger partial charge in [0.25, 0.3) is 0 Å². The molecule has 0 atom stereocenters. The van der Waals surface area contributed by atoms with E-state index in [1.807, 2.05) is 18.2 Å². The van der Waals surface area contributed by atoms with Crippen LogP contribution in [0, 0.1) is 11.3 Å². The third kappa shape index (κ3) is 3.78. The maximum atomic E-state index is 8.99. The Balaban J connectivity index is 2.26. The highest BCUT2D eigenvalue weighted by molar-refractivity contribution is 9.10. The van der Waals surface area contributed by atoms with E-state index in [0.29, 0.717) is 23.2 Å². The van der Waals surface area contributed by atoms with Gasteiger partial charge in [-0.1, -0.05) is 28.1 Å². The molecule has 0 heterocycles. The van der Waals surface area contributed by atoms with Crippen LogP contribution in [0.15, 0.2) is 40.9 Å². The van der Waals surface area contributed by atoms with Crippen molar-refractivity contribution in [1.82, 2.24) is 0 Å². The molecule has 0 aliphatic heterocycles. The van der Waals surface area contributed by atoms with E-state index in [2.05, 4.69) is 37.9 Å². The molecule has 0 spiro atoms. The van der Waals surface area contributed by atoms with Crippen LogP contribution >= 0.6 is 31.9 Å². The minimum Gasteiger partial charge on any atom is -0.496 e. The minimum absolute atomic E-state index is 0.335. The number of ether oxygens (including phenoxy) is 2. The molecule has 21 heavy (non-hydrogen) atoms. The van der Waals surface area contributed by atoms with Crippen molar-refractivity contribution in [2.75, 3.05) is 7.11 Å². The van der Waals surface area contributed by atoms with Gasteiger partial charge in [0, 0.05) is 16.5 Å². The summed E-state index contributed by atoms with van der Waals surface area (Å²) in [6, 6.07) is 13.3. The van der Waals surface area contributed by atoms with Crippen LogP contribution < -0.4 is 9.47 Å². The summed E-state index contributed by atoms with van der Waals surface area (Å²) in [5, 5.41) is 9.70. The van der Waals surface area contributed by atoms with Crippen molar-refractivity contribution in [2.24, 2.45) is 0 Å². The molecule has 2 rings (SSSR count). The Morgan fingerprint density at radius 3 is 2.67 bits per heavy atom. The number of benzene rings is 2. The summed E-state index contributed by atoms with van der Waals surface area (Å²) in [4.78, 5) is 0. The van der Waals surface area contributed by atoms with E-state index in [4.69, 9.17) is 14.7 Å². The van der Waals surface area contributed by atoms with Crippen molar-refractivity contribution in [3.05, 3.63) is 57.6 Å². The van der Waals surface area contributed by atoms with E-state index in [0.717, 1.165) is 21.3 Å². The summed E-state index contributed by atoms with van der Waals surface area (Å²) >= 11 is 6.95. The van der Waals surface area contributed by atoms with Crippen molar-refractivity contribution in [3.63, 3.8) is 0 Å². The standard InChI is InChI=1S/C16H13Br2NO2/c1-20-15-6-5-11(9-19)7-13(15)10-21-16-12(8-17)3-2-4-14(16)18/h2-7H,8,10H2,1H3. The van der Waals surface area contributed by atoms with Gasteiger partial charge in [-0.2, -0.15) is 5.26 Å². The molecule has 0 bridgehead atoms. The zero-order valence-corrected chi connectivity index (χ0v) is 14.6. The lowest BCUT2D eigenvalue weighted by Crippen LogP contribution is -2.01. The van der Waals surface area contributed by atoms with Gasteiger partial charge in [-0.15, -0.1) is 0 Å². The molecule has 0 aliphatic rings. The lowest BCUT2D eigenvalue weighted by atomic mass is 10.1. The average molecular weight is 411 g/mol. The van der Waals surface area contributed by atoms with Crippen LogP contribution in [-0.4, -0.2) is 7.11 Å². The molecule has 0 saturated heterocycles. The zero-order chi connectivity index (χ0) is 15.2. The van der Waals surface area contributed by atoms with E-state index in [9.17, 15) is 0 Å². The van der Waals surface area contributed by atoms with Gasteiger partial charge in [0.2, 0.25) is 0 Å². The molecule has 2 aromatic carbocycles. The fraction of sp³-hybridized carbons (Fsp3) is 0.188. The quantitative estimate of drug-likeness (QED) is 0.664. The molecule has 3 nitrogen and oxygen atoms in total. The third-order valence-corrected chi connectivity index (χ3v) is 4.20.